The molecule has 1 aliphatic heterocycles. The number of nitrogens with one attached hydrogen (secondary N) is 1. The normalized spacial score (nSPS) is 14.9. The number of hydrogen-bond donors (Lipinski definition) is 2. The van der Waals surface area contributed by atoms with E-state index in [0.717, 1.165) is 50.3 Å². The maximum Gasteiger partial charge on any atom is 0.335 e. The quantitative estimate of drug-likeness (QED) is 0.317. The average Bonchev–Trinajstić information content (AvgIpc) is 3.48. The highest BCUT2D eigenvalue weighted by atomic mass is 16.5. The highest BCUT2D eigenvalue weighted by molar-refractivity contribution is 5.96. The predicted octanol–water partition coefficient (Wildman–Crippen LogP) is 3.78. The van der Waals surface area contributed by atoms with E-state index in [1.54, 1.807) is 32.0 Å². The number of hydrogen-bond acceptors (Lipinski definition) is 7. The van der Waals surface area contributed by atoms with Crippen LogP contribution >= 0.6 is 0 Å². The molecule has 0 bridgehead atoms. The van der Waals surface area contributed by atoms with Crippen LogP contribution in [0.25, 0.3) is 11.0 Å². The lowest BCUT2D eigenvalue weighted by molar-refractivity contribution is 0.0369. The third-order valence-corrected chi connectivity index (χ3v) is 7.14. The number of aromatic carboxylic acids is 1. The number of fused-ring (bicyclic) bond motifs is 1. The monoisotopic (exact) mass is 531 g/mol. The van der Waals surface area contributed by atoms with Crippen molar-refractivity contribution >= 4 is 22.9 Å². The molecule has 4 aromatic rings. The molecule has 10 heteroatoms. The lowest BCUT2D eigenvalue weighted by Crippen LogP contribution is -2.37. The topological polar surface area (TPSA) is 123 Å². The smallest absolute Gasteiger partial charge is 0.335 e. The van der Waals surface area contributed by atoms with Crippen molar-refractivity contribution in [2.75, 3.05) is 32.8 Å². The third-order valence-electron chi connectivity index (χ3n) is 7.14. The number of imidazole rings is 1. The van der Waals surface area contributed by atoms with Gasteiger partial charge in [0.15, 0.2) is 0 Å². The van der Waals surface area contributed by atoms with Crippen LogP contribution in [0, 0.1) is 13.8 Å². The molecule has 0 spiro atoms. The van der Waals surface area contributed by atoms with Crippen molar-refractivity contribution in [3.8, 4) is 0 Å². The third kappa shape index (κ3) is 6.02. The Bertz CT molecular complexity index is 1440. The van der Waals surface area contributed by atoms with Crippen LogP contribution in [0.5, 0.6) is 0 Å². The van der Waals surface area contributed by atoms with E-state index in [9.17, 15) is 14.7 Å². The van der Waals surface area contributed by atoms with Crippen molar-refractivity contribution in [1.29, 1.82) is 0 Å². The van der Waals surface area contributed by atoms with Gasteiger partial charge >= 0.3 is 5.97 Å². The number of morpholine rings is 1. The van der Waals surface area contributed by atoms with Crippen molar-refractivity contribution in [3.05, 3.63) is 82.5 Å². The molecular formula is C29H33N5O5. The first kappa shape index (κ1) is 26.6. The number of nitrogens with zero attached hydrogens (tertiary/aromatic N) is 4. The van der Waals surface area contributed by atoms with Crippen molar-refractivity contribution in [1.82, 2.24) is 24.9 Å². The number of rotatable bonds is 10. The number of carboxylic acid groups (broad SMARTS) is 1. The molecule has 2 aromatic heterocycles. The number of carbonyl (C=O) groups is 2. The molecule has 0 aliphatic carbocycles. The molecule has 5 rings (SSSR count). The maximum absolute atomic E-state index is 13.5. The van der Waals surface area contributed by atoms with Crippen LogP contribution in [0.3, 0.4) is 0 Å². The molecule has 1 unspecified atom stereocenters. The van der Waals surface area contributed by atoms with Crippen LogP contribution < -0.4 is 5.32 Å². The number of amides is 1. The lowest BCUT2D eigenvalue weighted by atomic mass is 10.0. The average molecular weight is 532 g/mol. The van der Waals surface area contributed by atoms with Gasteiger partial charge in [0.1, 0.15) is 17.1 Å². The molecule has 2 N–H and O–H groups in total. The molecule has 2 aromatic carbocycles. The minimum atomic E-state index is -1.01. The van der Waals surface area contributed by atoms with Gasteiger partial charge in [-0.2, -0.15) is 0 Å². The van der Waals surface area contributed by atoms with E-state index in [0.29, 0.717) is 41.3 Å². The first-order valence-electron chi connectivity index (χ1n) is 13.2. The van der Waals surface area contributed by atoms with Gasteiger partial charge < -0.3 is 24.3 Å². The number of ether oxygens (including phenoxy) is 1. The van der Waals surface area contributed by atoms with Crippen LogP contribution in [-0.4, -0.2) is 69.4 Å². The molecule has 204 valence electrons. The number of aryl methyl sites for hydroxylation is 3. The van der Waals surface area contributed by atoms with Gasteiger partial charge in [-0.3, -0.25) is 9.69 Å². The summed E-state index contributed by atoms with van der Waals surface area (Å²) in [5.74, 6) is -0.162. The molecular weight excluding hydrogens is 498 g/mol. The van der Waals surface area contributed by atoms with Crippen LogP contribution in [0.2, 0.25) is 0 Å². The van der Waals surface area contributed by atoms with E-state index in [1.807, 2.05) is 30.3 Å². The van der Waals surface area contributed by atoms with Gasteiger partial charge in [-0.15, -0.1) is 0 Å². The first-order valence-corrected chi connectivity index (χ1v) is 13.2. The highest BCUT2D eigenvalue weighted by Gasteiger charge is 2.26. The van der Waals surface area contributed by atoms with Crippen molar-refractivity contribution in [2.24, 2.45) is 0 Å². The van der Waals surface area contributed by atoms with Gasteiger partial charge in [0.2, 0.25) is 0 Å². The van der Waals surface area contributed by atoms with Gasteiger partial charge in [-0.05, 0) is 50.5 Å². The highest BCUT2D eigenvalue weighted by Crippen LogP contribution is 2.26. The van der Waals surface area contributed by atoms with Gasteiger partial charge in [-0.1, -0.05) is 35.5 Å². The predicted molar refractivity (Wildman–Crippen MR) is 145 cm³/mol. The Hall–Kier alpha value is -4.02. The Kier molecular flexibility index (Phi) is 8.04. The Labute approximate surface area is 226 Å². The number of aromatic nitrogens is 3. The van der Waals surface area contributed by atoms with Crippen molar-refractivity contribution in [3.63, 3.8) is 0 Å². The number of carbonyl (C=O) groups excluding carboxylic acids is 1. The summed E-state index contributed by atoms with van der Waals surface area (Å²) < 4.78 is 12.8. The summed E-state index contributed by atoms with van der Waals surface area (Å²) in [7, 11) is 0. The van der Waals surface area contributed by atoms with E-state index in [1.165, 1.54) is 0 Å². The molecule has 0 radical (unpaired) electrons. The second-order valence-electron chi connectivity index (χ2n) is 9.85. The summed E-state index contributed by atoms with van der Waals surface area (Å²) in [6.45, 7) is 8.33. The van der Waals surface area contributed by atoms with Crippen molar-refractivity contribution in [2.45, 2.75) is 39.3 Å². The molecule has 3 heterocycles. The van der Waals surface area contributed by atoms with Crippen LogP contribution in [0.15, 0.2) is 53.1 Å². The SMILES string of the molecule is Cc1noc(C)c1C(=O)NC(Cc1ccccc1)c1nc2cc(C(=O)O)ccc2n1CCCN1CCOCC1. The molecule has 39 heavy (non-hydrogen) atoms. The minimum Gasteiger partial charge on any atom is -0.478 e. The fraction of sp³-hybridized carbons (Fsp3) is 0.379. The van der Waals surface area contributed by atoms with E-state index >= 15 is 0 Å². The van der Waals surface area contributed by atoms with Gasteiger partial charge in [0, 0.05) is 26.2 Å². The zero-order chi connectivity index (χ0) is 27.4. The second kappa shape index (κ2) is 11.8. The largest absolute Gasteiger partial charge is 0.478 e. The molecule has 0 saturated carbocycles. The van der Waals surface area contributed by atoms with E-state index in [-0.39, 0.29) is 11.5 Å². The number of benzene rings is 2. The molecule has 1 amide bonds. The molecule has 1 fully saturated rings. The molecule has 1 atom stereocenters. The zero-order valence-electron chi connectivity index (χ0n) is 22.2. The molecule has 10 nitrogen and oxygen atoms in total. The van der Waals surface area contributed by atoms with Gasteiger partial charge in [0.25, 0.3) is 5.91 Å². The first-order chi connectivity index (χ1) is 18.9. The van der Waals surface area contributed by atoms with Crippen LogP contribution in [0.1, 0.15) is 56.0 Å². The summed E-state index contributed by atoms with van der Waals surface area (Å²) in [6, 6.07) is 14.4. The Balaban J connectivity index is 1.52. The van der Waals surface area contributed by atoms with E-state index in [4.69, 9.17) is 14.2 Å². The lowest BCUT2D eigenvalue weighted by Gasteiger charge is -2.27. The summed E-state index contributed by atoms with van der Waals surface area (Å²) in [6.07, 6.45) is 1.38. The fourth-order valence-electron chi connectivity index (χ4n) is 5.15. The summed E-state index contributed by atoms with van der Waals surface area (Å²) in [5, 5.41) is 16.7. The summed E-state index contributed by atoms with van der Waals surface area (Å²) in [4.78, 5) is 32.4. The Morgan fingerprint density at radius 1 is 1.08 bits per heavy atom. The standard InChI is InChI=1S/C29H33N5O5/c1-19-26(20(2)39-32-19)28(35)31-24(17-21-7-4-3-5-8-21)27-30-23-18-22(29(36)37)9-10-25(23)34(27)12-6-11-33-13-15-38-16-14-33/h3-5,7-10,18,24H,6,11-17H2,1-2H3,(H,31,35)(H,36,37). The number of carboxylic acids is 1. The van der Waals surface area contributed by atoms with Gasteiger partial charge in [-0.25, -0.2) is 9.78 Å². The molecule has 1 aliphatic rings. The minimum absolute atomic E-state index is 0.173. The van der Waals surface area contributed by atoms with Crippen LogP contribution in [-0.2, 0) is 17.7 Å². The summed E-state index contributed by atoms with van der Waals surface area (Å²) >= 11 is 0. The van der Waals surface area contributed by atoms with E-state index < -0.39 is 12.0 Å². The fourth-order valence-corrected chi connectivity index (χ4v) is 5.15. The molecule has 1 saturated heterocycles. The Morgan fingerprint density at radius 3 is 2.54 bits per heavy atom. The van der Waals surface area contributed by atoms with Crippen molar-refractivity contribution < 1.29 is 24.0 Å². The zero-order valence-corrected chi connectivity index (χ0v) is 22.2. The Morgan fingerprint density at radius 2 is 1.85 bits per heavy atom. The van der Waals surface area contributed by atoms with Gasteiger partial charge in [0.05, 0.1) is 41.5 Å². The maximum atomic E-state index is 13.5. The van der Waals surface area contributed by atoms with E-state index in [2.05, 4.69) is 19.9 Å². The second-order valence-corrected chi connectivity index (χ2v) is 9.85. The summed E-state index contributed by atoms with van der Waals surface area (Å²) in [5.41, 5.74) is 3.57. The van der Waals surface area contributed by atoms with Crippen LogP contribution in [0.4, 0.5) is 0 Å².